The summed E-state index contributed by atoms with van der Waals surface area (Å²) in [5.41, 5.74) is 16.3. The Morgan fingerprint density at radius 3 is 2.70 bits per heavy atom. The number of hydrogen-bond acceptors (Lipinski definition) is 5. The molecule has 0 saturated heterocycles. The van der Waals surface area contributed by atoms with Crippen LogP contribution in [0.1, 0.15) is 50.3 Å². The Bertz CT molecular complexity index is 732. The third kappa shape index (κ3) is 8.44. The molecule has 144 valence electrons. The molecule has 1 atom stereocenters. The first kappa shape index (κ1) is 20.6. The second-order valence-electron chi connectivity index (χ2n) is 6.82. The van der Waals surface area contributed by atoms with Gasteiger partial charge >= 0.3 is 0 Å². The van der Waals surface area contributed by atoms with Crippen LogP contribution in [0.3, 0.4) is 0 Å². The summed E-state index contributed by atoms with van der Waals surface area (Å²) in [6.07, 6.45) is 12.2. The van der Waals surface area contributed by atoms with Crippen molar-refractivity contribution in [2.45, 2.75) is 51.5 Å². The summed E-state index contributed by atoms with van der Waals surface area (Å²) < 4.78 is 0. The number of aromatic nitrogens is 2. The van der Waals surface area contributed by atoms with Crippen molar-refractivity contribution in [1.82, 2.24) is 9.97 Å². The topological polar surface area (TPSA) is 103 Å². The number of benzene rings is 1. The van der Waals surface area contributed by atoms with E-state index in [9.17, 15) is 0 Å². The molecule has 1 unspecified atom stereocenters. The van der Waals surface area contributed by atoms with Crippen LogP contribution in [0.25, 0.3) is 6.08 Å². The van der Waals surface area contributed by atoms with Crippen molar-refractivity contribution in [2.24, 2.45) is 10.1 Å². The molecule has 0 spiro atoms. The molecule has 0 aliphatic rings. The number of allylic oxidation sites excluding steroid dienone is 1. The summed E-state index contributed by atoms with van der Waals surface area (Å²) in [4.78, 5) is 11.5. The van der Waals surface area contributed by atoms with Crippen LogP contribution >= 0.6 is 0 Å². The number of H-pyrrole nitrogens is 1. The number of nitrogens with zero attached hydrogens (tertiary/aromatic N) is 3. The van der Waals surface area contributed by atoms with E-state index < -0.39 is 0 Å². The van der Waals surface area contributed by atoms with Crippen molar-refractivity contribution in [3.05, 3.63) is 53.4 Å². The average molecular weight is 367 g/mol. The average Bonchev–Trinajstić information content (AvgIpc) is 3.09. The molecule has 1 aromatic carbocycles. The number of aliphatic imine (C=N–C) groups is 1. The number of aryl methyl sites for hydroxylation is 1. The molecule has 1 heterocycles. The van der Waals surface area contributed by atoms with Gasteiger partial charge in [0.2, 0.25) is 0 Å². The van der Waals surface area contributed by atoms with Crippen LogP contribution in [-0.4, -0.2) is 28.8 Å². The van der Waals surface area contributed by atoms with Crippen LogP contribution in [-0.2, 0) is 6.42 Å². The highest BCUT2D eigenvalue weighted by molar-refractivity contribution is 5.84. The summed E-state index contributed by atoms with van der Waals surface area (Å²) in [6, 6.07) is 10.2. The Morgan fingerprint density at radius 1 is 1.22 bits per heavy atom. The monoisotopic (exact) mass is 366 g/mol. The summed E-state index contributed by atoms with van der Waals surface area (Å²) in [5, 5.41) is 3.73. The van der Waals surface area contributed by atoms with E-state index in [1.807, 2.05) is 31.3 Å². The highest BCUT2D eigenvalue weighted by Gasteiger charge is 2.05. The lowest BCUT2D eigenvalue weighted by atomic mass is 10.1. The predicted molar refractivity (Wildman–Crippen MR) is 112 cm³/mol. The quantitative estimate of drug-likeness (QED) is 0.278. The van der Waals surface area contributed by atoms with Crippen LogP contribution in [0.15, 0.2) is 52.2 Å². The summed E-state index contributed by atoms with van der Waals surface area (Å²) in [6.45, 7) is 2.62. The minimum atomic E-state index is -0.0156. The third-order valence-corrected chi connectivity index (χ3v) is 4.37. The largest absolute Gasteiger partial charge is 0.369 e. The Labute approximate surface area is 161 Å². The molecule has 0 saturated carbocycles. The fraction of sp³-hybridized carbons (Fsp3) is 0.429. The maximum Gasteiger partial charge on any atom is 0.197 e. The molecule has 6 heteroatoms. The fourth-order valence-corrected chi connectivity index (χ4v) is 2.92. The van der Waals surface area contributed by atoms with E-state index in [-0.39, 0.29) is 6.04 Å². The number of rotatable bonds is 12. The predicted octanol–water partition coefficient (Wildman–Crippen LogP) is 5.06. The van der Waals surface area contributed by atoms with Gasteiger partial charge in [0.15, 0.2) is 5.95 Å². The van der Waals surface area contributed by atoms with Crippen molar-refractivity contribution in [2.75, 3.05) is 12.3 Å². The second-order valence-corrected chi connectivity index (χ2v) is 6.82. The molecule has 0 bridgehead atoms. The van der Waals surface area contributed by atoms with Gasteiger partial charge in [0.25, 0.3) is 0 Å². The lowest BCUT2D eigenvalue weighted by Gasteiger charge is -2.07. The molecule has 0 radical (unpaired) electrons. The zero-order valence-electron chi connectivity index (χ0n) is 16.1. The van der Waals surface area contributed by atoms with E-state index in [1.165, 1.54) is 5.56 Å². The molecule has 27 heavy (non-hydrogen) atoms. The lowest BCUT2D eigenvalue weighted by molar-refractivity contribution is 0.529. The standard InChI is InChI=1S/C21H30N6/c1-17(13-18-9-5-4-6-10-18)14-24-15-20(27-23)12-8-3-2-7-11-19-16-25-21(22)26-19/h4-6,9-10,13-14,16,20,23H,2-3,7-8,11-12,15H2,1H3,(H3,22,25,26)/b17-13+,24-14?,27-23?. The molecule has 2 rings (SSSR count). The number of nitrogens with two attached hydrogens (primary N) is 1. The number of nitrogen functional groups attached to an aromatic ring is 1. The number of hydrogen-bond donors (Lipinski definition) is 3. The van der Waals surface area contributed by atoms with Crippen LogP contribution < -0.4 is 5.73 Å². The Balaban J connectivity index is 1.60. The Morgan fingerprint density at radius 2 is 2.00 bits per heavy atom. The first-order chi connectivity index (χ1) is 13.2. The Hall–Kier alpha value is -2.76. The molecule has 0 amide bonds. The molecule has 6 nitrogen and oxygen atoms in total. The molecular weight excluding hydrogens is 336 g/mol. The highest BCUT2D eigenvalue weighted by atomic mass is 15.0. The van der Waals surface area contributed by atoms with Gasteiger partial charge in [0, 0.05) is 11.9 Å². The zero-order valence-corrected chi connectivity index (χ0v) is 16.1. The van der Waals surface area contributed by atoms with Gasteiger partial charge in [-0.1, -0.05) is 55.7 Å². The van der Waals surface area contributed by atoms with Gasteiger partial charge in [-0.05, 0) is 37.3 Å². The van der Waals surface area contributed by atoms with E-state index in [1.54, 1.807) is 6.20 Å². The first-order valence-electron chi connectivity index (χ1n) is 9.56. The minimum absolute atomic E-state index is 0.0156. The third-order valence-electron chi connectivity index (χ3n) is 4.37. The number of anilines is 1. The van der Waals surface area contributed by atoms with Crippen molar-refractivity contribution >= 4 is 18.2 Å². The van der Waals surface area contributed by atoms with E-state index in [0.717, 1.165) is 49.8 Å². The van der Waals surface area contributed by atoms with E-state index in [2.05, 4.69) is 38.3 Å². The number of unbranched alkanes of at least 4 members (excludes halogenated alkanes) is 3. The lowest BCUT2D eigenvalue weighted by Crippen LogP contribution is -2.08. The zero-order chi connectivity index (χ0) is 19.3. The first-order valence-corrected chi connectivity index (χ1v) is 9.56. The molecular formula is C21H30N6. The second kappa shape index (κ2) is 11.8. The van der Waals surface area contributed by atoms with Gasteiger partial charge in [0.05, 0.1) is 18.8 Å². The van der Waals surface area contributed by atoms with E-state index >= 15 is 0 Å². The van der Waals surface area contributed by atoms with Gasteiger partial charge in [-0.25, -0.2) is 10.5 Å². The summed E-state index contributed by atoms with van der Waals surface area (Å²) in [7, 11) is 0. The van der Waals surface area contributed by atoms with Crippen LogP contribution in [0, 0.1) is 5.53 Å². The minimum Gasteiger partial charge on any atom is -0.369 e. The molecule has 2 aromatic rings. The smallest absolute Gasteiger partial charge is 0.197 e. The van der Waals surface area contributed by atoms with Gasteiger partial charge in [-0.3, -0.25) is 4.99 Å². The molecule has 0 aliphatic heterocycles. The molecule has 4 N–H and O–H groups in total. The number of aromatic amines is 1. The fourth-order valence-electron chi connectivity index (χ4n) is 2.92. The van der Waals surface area contributed by atoms with Gasteiger partial charge < -0.3 is 10.7 Å². The van der Waals surface area contributed by atoms with Crippen molar-refractivity contribution in [3.63, 3.8) is 0 Å². The maximum atomic E-state index is 7.37. The SMILES string of the molecule is C/C(C=NCC(CCCCCCc1cnc(N)[nH]1)N=N)=C\c1ccccc1. The highest BCUT2D eigenvalue weighted by Crippen LogP contribution is 2.11. The van der Waals surface area contributed by atoms with E-state index in [4.69, 9.17) is 11.3 Å². The van der Waals surface area contributed by atoms with Crippen LogP contribution in [0.4, 0.5) is 5.95 Å². The number of nitrogens with one attached hydrogen (secondary N) is 2. The number of imidazole rings is 1. The Kier molecular flexibility index (Phi) is 8.96. The summed E-state index contributed by atoms with van der Waals surface area (Å²) in [5.74, 6) is 0.485. The molecule has 1 aromatic heterocycles. The molecule has 0 fully saturated rings. The van der Waals surface area contributed by atoms with Crippen LogP contribution in [0.5, 0.6) is 0 Å². The normalized spacial score (nSPS) is 13.1. The summed E-state index contributed by atoms with van der Waals surface area (Å²) >= 11 is 0. The van der Waals surface area contributed by atoms with Crippen molar-refractivity contribution < 1.29 is 0 Å². The van der Waals surface area contributed by atoms with Crippen LogP contribution in [0.2, 0.25) is 0 Å². The maximum absolute atomic E-state index is 7.37. The van der Waals surface area contributed by atoms with E-state index in [0.29, 0.717) is 12.5 Å². The van der Waals surface area contributed by atoms with Gasteiger partial charge in [0.1, 0.15) is 0 Å². The van der Waals surface area contributed by atoms with Gasteiger partial charge in [-0.2, -0.15) is 5.11 Å². The van der Waals surface area contributed by atoms with Crippen molar-refractivity contribution in [3.8, 4) is 0 Å². The van der Waals surface area contributed by atoms with Gasteiger partial charge in [-0.15, -0.1) is 0 Å². The van der Waals surface area contributed by atoms with Crippen molar-refractivity contribution in [1.29, 1.82) is 5.53 Å². The molecule has 0 aliphatic carbocycles.